The van der Waals surface area contributed by atoms with Gasteiger partial charge in [0.05, 0.1) is 0 Å². The number of ether oxygens (including phenoxy) is 1. The van der Waals surface area contributed by atoms with Crippen molar-refractivity contribution in [1.29, 1.82) is 0 Å². The van der Waals surface area contributed by atoms with Crippen LogP contribution in [0.3, 0.4) is 0 Å². The molecule has 0 saturated heterocycles. The molecule has 0 bridgehead atoms. The summed E-state index contributed by atoms with van der Waals surface area (Å²) in [5.41, 5.74) is 0.728. The zero-order chi connectivity index (χ0) is 19.5. The van der Waals surface area contributed by atoms with Crippen LogP contribution in [-0.2, 0) is 0 Å². The number of aliphatic hydroxyl groups is 1. The summed E-state index contributed by atoms with van der Waals surface area (Å²) in [5.74, 6) is 1.33. The lowest BCUT2D eigenvalue weighted by atomic mass is 9.96. The van der Waals surface area contributed by atoms with Gasteiger partial charge in [-0.05, 0) is 56.0 Å². The van der Waals surface area contributed by atoms with E-state index in [0.717, 1.165) is 31.5 Å². The minimum atomic E-state index is -0.545. The van der Waals surface area contributed by atoms with Crippen LogP contribution in [0.15, 0.2) is 24.3 Å². The molecule has 1 aromatic carbocycles. The van der Waals surface area contributed by atoms with Gasteiger partial charge in [0.25, 0.3) is 0 Å². The number of rotatable bonds is 10. The van der Waals surface area contributed by atoms with Gasteiger partial charge in [0.2, 0.25) is 0 Å². The van der Waals surface area contributed by atoms with Crippen molar-refractivity contribution in [2.24, 2.45) is 5.92 Å². The van der Waals surface area contributed by atoms with Crippen LogP contribution < -0.4 is 20.7 Å². The fourth-order valence-corrected chi connectivity index (χ4v) is 3.14. The number of aliphatic hydroxyl groups excluding tert-OH is 1. The number of urea groups is 1. The minimum Gasteiger partial charge on any atom is -0.491 e. The first-order valence-electron chi connectivity index (χ1n) is 10.2. The monoisotopic (exact) mass is 377 g/mol. The summed E-state index contributed by atoms with van der Waals surface area (Å²) >= 11 is 0. The number of hydrogen-bond donors (Lipinski definition) is 4. The van der Waals surface area contributed by atoms with Crippen LogP contribution in [0.1, 0.15) is 52.4 Å². The Hall–Kier alpha value is -1.79. The molecule has 2 amide bonds. The Morgan fingerprint density at radius 2 is 1.89 bits per heavy atom. The number of benzene rings is 1. The normalized spacial score (nSPS) is 16.1. The molecule has 0 aromatic heterocycles. The average molecular weight is 378 g/mol. The maximum Gasteiger partial charge on any atom is 0.319 e. The third kappa shape index (κ3) is 9.11. The Morgan fingerprint density at radius 1 is 1.19 bits per heavy atom. The van der Waals surface area contributed by atoms with Crippen molar-refractivity contribution in [2.45, 2.75) is 64.5 Å². The molecule has 0 aliphatic heterocycles. The van der Waals surface area contributed by atoms with E-state index in [9.17, 15) is 9.90 Å². The van der Waals surface area contributed by atoms with E-state index >= 15 is 0 Å². The lowest BCUT2D eigenvalue weighted by molar-refractivity contribution is 0.106. The molecule has 27 heavy (non-hydrogen) atoms. The smallest absolute Gasteiger partial charge is 0.319 e. The topological polar surface area (TPSA) is 82.6 Å². The largest absolute Gasteiger partial charge is 0.491 e. The summed E-state index contributed by atoms with van der Waals surface area (Å²) in [7, 11) is 0. The molecular formula is C21H35N3O3. The second kappa shape index (κ2) is 11.8. The van der Waals surface area contributed by atoms with Crippen molar-refractivity contribution in [3.8, 4) is 5.75 Å². The third-order valence-electron chi connectivity index (χ3n) is 4.77. The van der Waals surface area contributed by atoms with Crippen LogP contribution in [0.5, 0.6) is 5.75 Å². The highest BCUT2D eigenvalue weighted by molar-refractivity contribution is 5.89. The van der Waals surface area contributed by atoms with Crippen LogP contribution in [0.4, 0.5) is 10.5 Å². The average Bonchev–Trinajstić information content (AvgIpc) is 2.65. The maximum absolute atomic E-state index is 12.1. The van der Waals surface area contributed by atoms with E-state index in [4.69, 9.17) is 4.74 Å². The second-order valence-electron chi connectivity index (χ2n) is 7.81. The van der Waals surface area contributed by atoms with E-state index in [-0.39, 0.29) is 18.7 Å². The second-order valence-corrected chi connectivity index (χ2v) is 7.81. The molecule has 1 saturated carbocycles. The van der Waals surface area contributed by atoms with E-state index < -0.39 is 6.10 Å². The van der Waals surface area contributed by atoms with Crippen molar-refractivity contribution in [3.05, 3.63) is 24.3 Å². The third-order valence-corrected chi connectivity index (χ3v) is 4.77. The molecular weight excluding hydrogens is 342 g/mol. The molecule has 0 radical (unpaired) electrons. The molecule has 1 aliphatic carbocycles. The number of amides is 2. The zero-order valence-electron chi connectivity index (χ0n) is 16.7. The highest BCUT2D eigenvalue weighted by atomic mass is 16.5. The standard InChI is InChI=1S/C21H35N3O3/c1-16(2)12-13-22-14-19(25)15-27-20-10-8-18(9-11-20)24-21(26)23-17-6-4-3-5-7-17/h8-11,16-17,19,22,25H,3-7,12-15H2,1-2H3,(H2,23,24,26). The predicted octanol–water partition coefficient (Wildman–Crippen LogP) is 3.52. The van der Waals surface area contributed by atoms with Crippen LogP contribution in [-0.4, -0.2) is 43.0 Å². The van der Waals surface area contributed by atoms with E-state index in [1.807, 2.05) is 12.1 Å². The quantitative estimate of drug-likeness (QED) is 0.470. The Kier molecular flexibility index (Phi) is 9.42. The maximum atomic E-state index is 12.1. The van der Waals surface area contributed by atoms with Crippen molar-refractivity contribution < 1.29 is 14.6 Å². The fraction of sp³-hybridized carbons (Fsp3) is 0.667. The molecule has 0 spiro atoms. The molecule has 2 rings (SSSR count). The van der Waals surface area contributed by atoms with E-state index in [2.05, 4.69) is 29.8 Å². The summed E-state index contributed by atoms with van der Waals surface area (Å²) in [4.78, 5) is 12.1. The molecule has 152 valence electrons. The predicted molar refractivity (Wildman–Crippen MR) is 109 cm³/mol. The first-order chi connectivity index (χ1) is 13.0. The number of carbonyl (C=O) groups excluding carboxylic acids is 1. The molecule has 0 heterocycles. The summed E-state index contributed by atoms with van der Waals surface area (Å²) in [5, 5.41) is 19.1. The first-order valence-corrected chi connectivity index (χ1v) is 10.2. The minimum absolute atomic E-state index is 0.154. The highest BCUT2D eigenvalue weighted by Crippen LogP contribution is 2.18. The van der Waals surface area contributed by atoms with Crippen LogP contribution >= 0.6 is 0 Å². The molecule has 1 fully saturated rings. The summed E-state index contributed by atoms with van der Waals surface area (Å²) in [6.45, 7) is 6.02. The summed E-state index contributed by atoms with van der Waals surface area (Å²) in [6.07, 6.45) is 6.33. The van der Waals surface area contributed by atoms with Gasteiger partial charge in [-0.15, -0.1) is 0 Å². The number of nitrogens with one attached hydrogen (secondary N) is 3. The molecule has 1 unspecified atom stereocenters. The first kappa shape index (κ1) is 21.5. The molecule has 6 heteroatoms. The number of anilines is 1. The van der Waals surface area contributed by atoms with E-state index in [1.54, 1.807) is 12.1 Å². The molecule has 6 nitrogen and oxygen atoms in total. The summed E-state index contributed by atoms with van der Waals surface area (Å²) < 4.78 is 5.61. The van der Waals surface area contributed by atoms with E-state index in [0.29, 0.717) is 18.2 Å². The van der Waals surface area contributed by atoms with Gasteiger partial charge < -0.3 is 25.8 Å². The van der Waals surface area contributed by atoms with Crippen molar-refractivity contribution in [3.63, 3.8) is 0 Å². The highest BCUT2D eigenvalue weighted by Gasteiger charge is 2.15. The van der Waals surface area contributed by atoms with Crippen molar-refractivity contribution >= 4 is 11.7 Å². The van der Waals surface area contributed by atoms with Gasteiger partial charge in [-0.3, -0.25) is 0 Å². The number of carbonyl (C=O) groups is 1. The zero-order valence-corrected chi connectivity index (χ0v) is 16.7. The van der Waals surface area contributed by atoms with Gasteiger partial charge in [0.1, 0.15) is 18.5 Å². The van der Waals surface area contributed by atoms with Crippen molar-refractivity contribution in [2.75, 3.05) is 25.0 Å². The Balaban J connectivity index is 1.64. The Morgan fingerprint density at radius 3 is 2.56 bits per heavy atom. The van der Waals surface area contributed by atoms with Gasteiger partial charge in [-0.1, -0.05) is 33.1 Å². The Bertz CT molecular complexity index is 542. The van der Waals surface area contributed by atoms with Gasteiger partial charge in [-0.25, -0.2) is 4.79 Å². The van der Waals surface area contributed by atoms with Crippen LogP contribution in [0.25, 0.3) is 0 Å². The van der Waals surface area contributed by atoms with E-state index in [1.165, 1.54) is 19.3 Å². The molecule has 1 aromatic rings. The Labute approximate surface area is 163 Å². The van der Waals surface area contributed by atoms with Gasteiger partial charge >= 0.3 is 6.03 Å². The number of hydrogen-bond acceptors (Lipinski definition) is 4. The van der Waals surface area contributed by atoms with Crippen LogP contribution in [0.2, 0.25) is 0 Å². The van der Waals surface area contributed by atoms with Crippen LogP contribution in [0, 0.1) is 5.92 Å². The fourth-order valence-electron chi connectivity index (χ4n) is 3.14. The van der Waals surface area contributed by atoms with Crippen molar-refractivity contribution in [1.82, 2.24) is 10.6 Å². The van der Waals surface area contributed by atoms with Gasteiger partial charge in [0, 0.05) is 18.3 Å². The summed E-state index contributed by atoms with van der Waals surface area (Å²) in [6, 6.07) is 7.35. The molecule has 1 aliphatic rings. The van der Waals surface area contributed by atoms with Gasteiger partial charge in [0.15, 0.2) is 0 Å². The lowest BCUT2D eigenvalue weighted by Gasteiger charge is -2.22. The molecule has 4 N–H and O–H groups in total. The SMILES string of the molecule is CC(C)CCNCC(O)COc1ccc(NC(=O)NC2CCCCC2)cc1. The molecule has 1 atom stereocenters. The lowest BCUT2D eigenvalue weighted by Crippen LogP contribution is -2.38. The van der Waals surface area contributed by atoms with Gasteiger partial charge in [-0.2, -0.15) is 0 Å².